The summed E-state index contributed by atoms with van der Waals surface area (Å²) < 4.78 is 0. The molecule has 5 nitrogen and oxygen atoms in total. The first-order valence-corrected chi connectivity index (χ1v) is 9.32. The van der Waals surface area contributed by atoms with Crippen molar-refractivity contribution in [1.82, 2.24) is 21.1 Å². The highest BCUT2D eigenvalue weighted by Gasteiger charge is 2.22. The van der Waals surface area contributed by atoms with Crippen LogP contribution in [-0.2, 0) is 12.8 Å². The number of rotatable bonds is 5. The van der Waals surface area contributed by atoms with Crippen molar-refractivity contribution in [2.75, 3.05) is 27.2 Å². The molecule has 3 N–H and O–H groups in total. The summed E-state index contributed by atoms with van der Waals surface area (Å²) in [5, 5.41) is 3.49. The number of hydrogen-bond acceptors (Lipinski definition) is 4. The molecular formula is C16H26N4OS2. The first-order chi connectivity index (χ1) is 11.0. The van der Waals surface area contributed by atoms with E-state index in [4.69, 9.17) is 12.2 Å². The largest absolute Gasteiger partial charge is 0.360 e. The van der Waals surface area contributed by atoms with E-state index in [0.717, 1.165) is 36.7 Å². The second-order valence-corrected chi connectivity index (χ2v) is 7.76. The summed E-state index contributed by atoms with van der Waals surface area (Å²) in [6.07, 6.45) is 4.66. The molecule has 1 aliphatic rings. The number of aryl methyl sites for hydroxylation is 1. The van der Waals surface area contributed by atoms with E-state index in [0.29, 0.717) is 5.11 Å². The third-order valence-electron chi connectivity index (χ3n) is 4.12. The minimum atomic E-state index is -0.116. The van der Waals surface area contributed by atoms with E-state index in [1.807, 2.05) is 20.2 Å². The zero-order valence-electron chi connectivity index (χ0n) is 14.1. The Hall–Kier alpha value is -1.18. The number of nitrogens with one attached hydrogen (secondary N) is 3. The van der Waals surface area contributed by atoms with E-state index in [-0.39, 0.29) is 5.91 Å². The summed E-state index contributed by atoms with van der Waals surface area (Å²) >= 11 is 6.75. The maximum atomic E-state index is 12.2. The minimum absolute atomic E-state index is 0.116. The Morgan fingerprint density at radius 3 is 2.91 bits per heavy atom. The molecule has 23 heavy (non-hydrogen) atoms. The van der Waals surface area contributed by atoms with E-state index in [1.165, 1.54) is 23.3 Å². The number of carbonyl (C=O) groups excluding carboxylic acids is 1. The third kappa shape index (κ3) is 5.44. The molecule has 0 aromatic carbocycles. The van der Waals surface area contributed by atoms with Crippen molar-refractivity contribution in [2.24, 2.45) is 5.92 Å². The monoisotopic (exact) mass is 354 g/mol. The summed E-state index contributed by atoms with van der Waals surface area (Å²) in [5.41, 5.74) is 6.79. The molecule has 1 atom stereocenters. The molecule has 0 saturated carbocycles. The fourth-order valence-corrected chi connectivity index (χ4v) is 3.93. The molecule has 0 aliphatic heterocycles. The van der Waals surface area contributed by atoms with Crippen molar-refractivity contribution >= 4 is 34.6 Å². The van der Waals surface area contributed by atoms with E-state index >= 15 is 0 Å². The molecule has 0 saturated heterocycles. The number of amides is 1. The van der Waals surface area contributed by atoms with Crippen molar-refractivity contribution in [3.63, 3.8) is 0 Å². The highest BCUT2D eigenvalue weighted by molar-refractivity contribution is 7.80. The summed E-state index contributed by atoms with van der Waals surface area (Å²) in [7, 11) is 4.00. The van der Waals surface area contributed by atoms with Crippen LogP contribution in [-0.4, -0.2) is 43.1 Å². The van der Waals surface area contributed by atoms with Gasteiger partial charge in [-0.15, -0.1) is 11.3 Å². The molecule has 1 aliphatic carbocycles. The molecular weight excluding hydrogens is 328 g/mol. The average Bonchev–Trinajstić information content (AvgIpc) is 2.95. The van der Waals surface area contributed by atoms with Gasteiger partial charge >= 0.3 is 0 Å². The molecule has 1 aromatic rings. The molecule has 1 amide bonds. The van der Waals surface area contributed by atoms with Gasteiger partial charge in [0.15, 0.2) is 5.11 Å². The van der Waals surface area contributed by atoms with Gasteiger partial charge in [0.1, 0.15) is 0 Å². The number of hydrogen-bond donors (Lipinski definition) is 3. The highest BCUT2D eigenvalue weighted by atomic mass is 32.1. The summed E-state index contributed by atoms with van der Waals surface area (Å²) in [4.78, 5) is 16.4. The summed E-state index contributed by atoms with van der Waals surface area (Å²) in [6.45, 7) is 3.86. The number of nitrogens with zero attached hydrogens (tertiary/aromatic N) is 1. The van der Waals surface area contributed by atoms with Crippen molar-refractivity contribution < 1.29 is 4.79 Å². The van der Waals surface area contributed by atoms with Crippen molar-refractivity contribution in [3.05, 3.63) is 21.4 Å². The van der Waals surface area contributed by atoms with Crippen LogP contribution in [0.3, 0.4) is 0 Å². The Kier molecular flexibility index (Phi) is 6.80. The van der Waals surface area contributed by atoms with Crippen LogP contribution in [0, 0.1) is 5.92 Å². The summed E-state index contributed by atoms with van der Waals surface area (Å²) in [5.74, 6) is 0.647. The molecule has 0 bridgehead atoms. The highest BCUT2D eigenvalue weighted by Crippen LogP contribution is 2.33. The number of thiocarbonyl (C=S) groups is 1. The molecule has 2 rings (SSSR count). The van der Waals surface area contributed by atoms with Gasteiger partial charge in [0, 0.05) is 18.0 Å². The van der Waals surface area contributed by atoms with Crippen molar-refractivity contribution in [1.29, 1.82) is 0 Å². The lowest BCUT2D eigenvalue weighted by Gasteiger charge is -2.19. The predicted molar refractivity (Wildman–Crippen MR) is 99.9 cm³/mol. The number of likely N-dealkylation sites (N-methyl/N-ethyl adjacent to an activating group) is 1. The number of carbonyl (C=O) groups is 1. The second-order valence-electron chi connectivity index (χ2n) is 6.21. The van der Waals surface area contributed by atoms with E-state index in [1.54, 1.807) is 11.3 Å². The lowest BCUT2D eigenvalue weighted by molar-refractivity contribution is 0.0947. The van der Waals surface area contributed by atoms with Crippen LogP contribution in [0.4, 0.5) is 0 Å². The molecule has 1 heterocycles. The smallest absolute Gasteiger partial charge is 0.279 e. The van der Waals surface area contributed by atoms with Crippen molar-refractivity contribution in [3.8, 4) is 0 Å². The van der Waals surface area contributed by atoms with Gasteiger partial charge in [-0.25, -0.2) is 0 Å². The van der Waals surface area contributed by atoms with Crippen LogP contribution in [0.1, 0.15) is 39.9 Å². The third-order valence-corrected chi connectivity index (χ3v) is 5.60. The standard InChI is InChI=1S/C16H26N4OS2/c1-4-11-5-6-13-12(9-11)10-14(23-13)15(21)18-19-16(22)17-7-8-20(2)3/h10-11H,4-9H2,1-3H3,(H,18,21)(H2,17,19,22)/t11-/m1/s1. The molecule has 7 heteroatoms. The fourth-order valence-electron chi connectivity index (χ4n) is 2.67. The molecule has 0 unspecified atom stereocenters. The topological polar surface area (TPSA) is 56.4 Å². The molecule has 0 radical (unpaired) electrons. The van der Waals surface area contributed by atoms with Crippen LogP contribution >= 0.6 is 23.6 Å². The van der Waals surface area contributed by atoms with Gasteiger partial charge in [0.05, 0.1) is 4.88 Å². The van der Waals surface area contributed by atoms with E-state index < -0.39 is 0 Å². The lowest BCUT2D eigenvalue weighted by Crippen LogP contribution is -2.47. The fraction of sp³-hybridized carbons (Fsp3) is 0.625. The van der Waals surface area contributed by atoms with Crippen molar-refractivity contribution in [2.45, 2.75) is 32.6 Å². The molecule has 128 valence electrons. The van der Waals surface area contributed by atoms with Crippen LogP contribution in [0.25, 0.3) is 0 Å². The zero-order valence-corrected chi connectivity index (χ0v) is 15.7. The summed E-state index contributed by atoms with van der Waals surface area (Å²) in [6, 6.07) is 2.04. The van der Waals surface area contributed by atoms with Crippen LogP contribution < -0.4 is 16.2 Å². The van der Waals surface area contributed by atoms with Gasteiger partial charge in [-0.3, -0.25) is 15.6 Å². The van der Waals surface area contributed by atoms with Gasteiger partial charge < -0.3 is 10.2 Å². The van der Waals surface area contributed by atoms with Crippen LogP contribution in [0.15, 0.2) is 6.07 Å². The van der Waals surface area contributed by atoms with Gasteiger partial charge in [-0.05, 0) is 63.1 Å². The van der Waals surface area contributed by atoms with Gasteiger partial charge in [-0.2, -0.15) is 0 Å². The van der Waals surface area contributed by atoms with Crippen LogP contribution in [0.2, 0.25) is 0 Å². The first-order valence-electron chi connectivity index (χ1n) is 8.10. The maximum absolute atomic E-state index is 12.2. The lowest BCUT2D eigenvalue weighted by atomic mass is 9.87. The normalized spacial score (nSPS) is 16.8. The Labute approximate surface area is 147 Å². The second kappa shape index (κ2) is 8.61. The zero-order chi connectivity index (χ0) is 16.8. The van der Waals surface area contributed by atoms with E-state index in [9.17, 15) is 4.79 Å². The van der Waals surface area contributed by atoms with Gasteiger partial charge in [-0.1, -0.05) is 13.3 Å². The Bertz CT molecular complexity index is 556. The van der Waals surface area contributed by atoms with E-state index in [2.05, 4.69) is 28.0 Å². The first kappa shape index (κ1) is 18.2. The molecule has 0 fully saturated rings. The number of thiophene rings is 1. The Morgan fingerprint density at radius 1 is 1.43 bits per heavy atom. The maximum Gasteiger partial charge on any atom is 0.279 e. The molecule has 1 aromatic heterocycles. The number of hydrazine groups is 1. The molecule has 0 spiro atoms. The Morgan fingerprint density at radius 2 is 2.22 bits per heavy atom. The van der Waals surface area contributed by atoms with Gasteiger partial charge in [0.25, 0.3) is 5.91 Å². The van der Waals surface area contributed by atoms with Crippen LogP contribution in [0.5, 0.6) is 0 Å². The minimum Gasteiger partial charge on any atom is -0.360 e. The SMILES string of the molecule is CC[C@@H]1CCc2sc(C(=O)NNC(=S)NCCN(C)C)cc2C1. The average molecular weight is 355 g/mol. The Balaban J connectivity index is 1.80. The number of fused-ring (bicyclic) bond motifs is 1. The quantitative estimate of drug-likeness (QED) is 0.557. The van der Waals surface area contributed by atoms with Gasteiger partial charge in [0.2, 0.25) is 0 Å². The predicted octanol–water partition coefficient (Wildman–Crippen LogP) is 1.93.